The van der Waals surface area contributed by atoms with Crippen LogP contribution in [-0.2, 0) is 19.1 Å². The summed E-state index contributed by atoms with van der Waals surface area (Å²) in [6.45, 7) is 2.89. The van der Waals surface area contributed by atoms with Crippen LogP contribution in [0.5, 0.6) is 0 Å². The van der Waals surface area contributed by atoms with Gasteiger partial charge < -0.3 is 24.6 Å². The lowest BCUT2D eigenvalue weighted by molar-refractivity contribution is -0.125. The molecule has 1 aromatic carbocycles. The monoisotopic (exact) mass is 412 g/mol. The highest BCUT2D eigenvalue weighted by atomic mass is 19.1. The fourth-order valence-electron chi connectivity index (χ4n) is 2.70. The minimum atomic E-state index is -0.451. The Morgan fingerprint density at radius 3 is 2.38 bits per heavy atom. The largest absolute Gasteiger partial charge is 0.444 e. The zero-order chi connectivity index (χ0) is 22.0. The lowest BCUT2D eigenvalue weighted by atomic mass is 10.2. The highest BCUT2D eigenvalue weighted by molar-refractivity contribution is 5.90. The lowest BCUT2D eigenvalue weighted by Crippen LogP contribution is -2.26. The average Bonchev–Trinajstić information content (AvgIpc) is 3.24. The fraction of sp³-hybridized carbons (Fsp3) is 0.526. The first-order valence-electron chi connectivity index (χ1n) is 9.10. The number of nitrogens with one attached hydrogen (secondary N) is 1. The van der Waals surface area contributed by atoms with Crippen molar-refractivity contribution in [3.05, 3.63) is 24.0 Å². The predicted molar refractivity (Wildman–Crippen MR) is 107 cm³/mol. The Hall–Kier alpha value is -2.88. The van der Waals surface area contributed by atoms with E-state index in [0.717, 1.165) is 6.42 Å². The molecule has 9 nitrogen and oxygen atoms in total. The first-order chi connectivity index (χ1) is 13.8. The first kappa shape index (κ1) is 24.2. The number of amides is 3. The first-order valence-corrected chi connectivity index (χ1v) is 9.10. The Balaban J connectivity index is 0.000000526. The van der Waals surface area contributed by atoms with Gasteiger partial charge in [-0.3, -0.25) is 14.5 Å². The van der Waals surface area contributed by atoms with Gasteiger partial charge >= 0.3 is 6.09 Å². The van der Waals surface area contributed by atoms with Crippen molar-refractivity contribution in [2.45, 2.75) is 19.4 Å². The number of ether oxygens (including phenoxy) is 2. The van der Waals surface area contributed by atoms with Crippen LogP contribution in [0.4, 0.5) is 20.6 Å². The van der Waals surface area contributed by atoms with Crippen LogP contribution >= 0.6 is 0 Å². The minimum Gasteiger partial charge on any atom is -0.444 e. The SMILES string of the molecule is CCC1CN(c2ccc(N3CC(=O)N(C)C3)c(F)c2)C(=O)O1.CNC=O.COC. The molecular weight excluding hydrogens is 383 g/mol. The van der Waals surface area contributed by atoms with E-state index in [9.17, 15) is 14.0 Å². The summed E-state index contributed by atoms with van der Waals surface area (Å²) in [7, 11) is 6.49. The fourth-order valence-corrected chi connectivity index (χ4v) is 2.70. The molecule has 0 aromatic heterocycles. The third-order valence-electron chi connectivity index (χ3n) is 4.17. The third kappa shape index (κ3) is 6.60. The van der Waals surface area contributed by atoms with Gasteiger partial charge in [0, 0.05) is 28.3 Å². The summed E-state index contributed by atoms with van der Waals surface area (Å²) in [6, 6.07) is 4.60. The van der Waals surface area contributed by atoms with E-state index in [-0.39, 0.29) is 18.6 Å². The molecule has 10 heteroatoms. The van der Waals surface area contributed by atoms with E-state index in [1.807, 2.05) is 6.92 Å². The van der Waals surface area contributed by atoms with Crippen LogP contribution in [-0.4, -0.2) is 77.5 Å². The van der Waals surface area contributed by atoms with Crippen molar-refractivity contribution in [3.8, 4) is 0 Å². The van der Waals surface area contributed by atoms with Crippen molar-refractivity contribution in [2.24, 2.45) is 0 Å². The van der Waals surface area contributed by atoms with Gasteiger partial charge in [-0.15, -0.1) is 0 Å². The maximum Gasteiger partial charge on any atom is 0.414 e. The number of methoxy groups -OCH3 is 1. The zero-order valence-corrected chi connectivity index (χ0v) is 17.5. The normalized spacial score (nSPS) is 17.9. The maximum atomic E-state index is 14.4. The molecule has 0 aliphatic carbocycles. The van der Waals surface area contributed by atoms with Crippen molar-refractivity contribution in [3.63, 3.8) is 0 Å². The molecular formula is C19H29FN4O5. The topological polar surface area (TPSA) is 91.4 Å². The van der Waals surface area contributed by atoms with E-state index in [1.54, 1.807) is 45.3 Å². The highest BCUT2D eigenvalue weighted by Gasteiger charge is 2.32. The lowest BCUT2D eigenvalue weighted by Gasteiger charge is -2.20. The van der Waals surface area contributed by atoms with Gasteiger partial charge in [0.05, 0.1) is 31.1 Å². The van der Waals surface area contributed by atoms with Crippen molar-refractivity contribution >= 4 is 29.8 Å². The standard InChI is InChI=1S/C15H18FN3O3.C2H5NO.C2H6O/c1-3-11-7-19(15(21)22-11)10-4-5-13(12(16)6-10)18-8-14(20)17(2)9-18;1-3-2-4;1-3-2/h4-6,11H,3,7-9H2,1-2H3;2H,1H3,(H,3,4);1-2H3. The summed E-state index contributed by atoms with van der Waals surface area (Å²) in [6.07, 6.45) is 0.751. The summed E-state index contributed by atoms with van der Waals surface area (Å²) in [5.41, 5.74) is 0.835. The second-order valence-corrected chi connectivity index (χ2v) is 6.41. The van der Waals surface area contributed by atoms with Gasteiger partial charge in [-0.25, -0.2) is 9.18 Å². The van der Waals surface area contributed by atoms with Crippen molar-refractivity contribution < 1.29 is 28.2 Å². The molecule has 29 heavy (non-hydrogen) atoms. The number of anilines is 2. The molecule has 2 fully saturated rings. The molecule has 3 amide bonds. The number of hydrogen-bond donors (Lipinski definition) is 1. The summed E-state index contributed by atoms with van der Waals surface area (Å²) in [5.74, 6) is -0.495. The van der Waals surface area contributed by atoms with Gasteiger partial charge in [0.2, 0.25) is 12.3 Å². The third-order valence-corrected chi connectivity index (χ3v) is 4.17. The van der Waals surface area contributed by atoms with Crippen LogP contribution in [0.2, 0.25) is 0 Å². The molecule has 1 aromatic rings. The molecule has 1 atom stereocenters. The molecule has 0 radical (unpaired) electrons. The molecule has 1 unspecified atom stereocenters. The number of nitrogens with zero attached hydrogens (tertiary/aromatic N) is 3. The van der Waals surface area contributed by atoms with Gasteiger partial charge in [-0.05, 0) is 24.6 Å². The van der Waals surface area contributed by atoms with Crippen molar-refractivity contribution in [1.82, 2.24) is 10.2 Å². The van der Waals surface area contributed by atoms with E-state index in [0.29, 0.717) is 31.0 Å². The van der Waals surface area contributed by atoms with Gasteiger partial charge in [-0.2, -0.15) is 0 Å². The van der Waals surface area contributed by atoms with Crippen molar-refractivity contribution in [1.29, 1.82) is 0 Å². The number of hydrogen-bond acceptors (Lipinski definition) is 6. The Bertz CT molecular complexity index is 703. The minimum absolute atomic E-state index is 0.0441. The van der Waals surface area contributed by atoms with Gasteiger partial charge in [0.15, 0.2) is 0 Å². The molecule has 162 valence electrons. The van der Waals surface area contributed by atoms with Crippen LogP contribution in [0.1, 0.15) is 13.3 Å². The van der Waals surface area contributed by atoms with Crippen LogP contribution in [0.25, 0.3) is 0 Å². The molecule has 0 spiro atoms. The average molecular weight is 412 g/mol. The Kier molecular flexibility index (Phi) is 9.87. The van der Waals surface area contributed by atoms with Gasteiger partial charge in [0.1, 0.15) is 11.9 Å². The number of halogens is 1. The van der Waals surface area contributed by atoms with Gasteiger partial charge in [-0.1, -0.05) is 6.92 Å². The Labute approximate surface area is 170 Å². The van der Waals surface area contributed by atoms with E-state index < -0.39 is 11.9 Å². The molecule has 2 saturated heterocycles. The highest BCUT2D eigenvalue weighted by Crippen LogP contribution is 2.29. The molecule has 0 saturated carbocycles. The summed E-state index contributed by atoms with van der Waals surface area (Å²) in [5, 5.41) is 2.25. The summed E-state index contributed by atoms with van der Waals surface area (Å²) >= 11 is 0. The second kappa shape index (κ2) is 11.8. The Morgan fingerprint density at radius 1 is 1.34 bits per heavy atom. The van der Waals surface area contributed by atoms with Crippen LogP contribution in [0.15, 0.2) is 18.2 Å². The number of rotatable bonds is 4. The van der Waals surface area contributed by atoms with E-state index in [1.165, 1.54) is 15.9 Å². The van der Waals surface area contributed by atoms with E-state index in [2.05, 4.69) is 10.1 Å². The quantitative estimate of drug-likeness (QED) is 0.753. The molecule has 1 N–H and O–H groups in total. The van der Waals surface area contributed by atoms with Crippen molar-refractivity contribution in [2.75, 3.05) is 57.9 Å². The Morgan fingerprint density at radius 2 is 1.97 bits per heavy atom. The number of cyclic esters (lactones) is 1. The summed E-state index contributed by atoms with van der Waals surface area (Å²) < 4.78 is 23.8. The maximum absolute atomic E-state index is 14.4. The number of carbonyl (C=O) groups excluding carboxylic acids is 3. The molecule has 2 aliphatic heterocycles. The van der Waals surface area contributed by atoms with Crippen LogP contribution in [0.3, 0.4) is 0 Å². The molecule has 0 bridgehead atoms. The van der Waals surface area contributed by atoms with E-state index in [4.69, 9.17) is 9.53 Å². The predicted octanol–water partition coefficient (Wildman–Crippen LogP) is 1.42. The number of likely N-dealkylation sites (N-methyl/N-ethyl adjacent to an activating group) is 1. The number of carbonyl (C=O) groups is 3. The van der Waals surface area contributed by atoms with Crippen LogP contribution in [0, 0.1) is 5.82 Å². The molecule has 2 aliphatic rings. The number of benzene rings is 1. The van der Waals surface area contributed by atoms with Gasteiger partial charge in [0.25, 0.3) is 0 Å². The van der Waals surface area contributed by atoms with Crippen LogP contribution < -0.4 is 15.1 Å². The van der Waals surface area contributed by atoms with E-state index >= 15 is 0 Å². The zero-order valence-electron chi connectivity index (χ0n) is 17.5. The summed E-state index contributed by atoms with van der Waals surface area (Å²) in [4.78, 5) is 37.1. The molecule has 3 rings (SSSR count). The molecule has 2 heterocycles. The second-order valence-electron chi connectivity index (χ2n) is 6.41. The smallest absolute Gasteiger partial charge is 0.414 e.